The Bertz CT molecular complexity index is 681. The van der Waals surface area contributed by atoms with Gasteiger partial charge in [-0.15, -0.1) is 0 Å². The Balaban J connectivity index is 2.20. The predicted molar refractivity (Wildman–Crippen MR) is 69.1 cm³/mol. The number of aromatic carboxylic acids is 1. The van der Waals surface area contributed by atoms with Crippen LogP contribution in [0.3, 0.4) is 0 Å². The van der Waals surface area contributed by atoms with Crippen molar-refractivity contribution < 1.29 is 27.8 Å². The molecule has 1 N–H and O–H groups in total. The zero-order valence-corrected chi connectivity index (χ0v) is 11.1. The first-order valence-corrected chi connectivity index (χ1v) is 6.05. The summed E-state index contributed by atoms with van der Waals surface area (Å²) in [5.74, 6) is -5.17. The lowest BCUT2D eigenvalue weighted by molar-refractivity contribution is 0.0695. The second-order valence-electron chi connectivity index (χ2n) is 4.11. The summed E-state index contributed by atoms with van der Waals surface area (Å²) in [7, 11) is 0. The van der Waals surface area contributed by atoms with Crippen LogP contribution in [0.1, 0.15) is 15.9 Å². The minimum Gasteiger partial charge on any atom is -0.483 e. The molecular weight excluding hydrogens is 309 g/mol. The summed E-state index contributed by atoms with van der Waals surface area (Å²) in [6.07, 6.45) is 0. The van der Waals surface area contributed by atoms with Crippen molar-refractivity contribution >= 4 is 17.6 Å². The summed E-state index contributed by atoms with van der Waals surface area (Å²) in [5.41, 5.74) is -0.215. The van der Waals surface area contributed by atoms with Crippen molar-refractivity contribution in [1.82, 2.24) is 0 Å². The molecule has 0 radical (unpaired) electrons. The Kier molecular flexibility index (Phi) is 4.37. The quantitative estimate of drug-likeness (QED) is 0.926. The molecule has 2 aromatic rings. The highest BCUT2D eigenvalue weighted by atomic mass is 35.5. The van der Waals surface area contributed by atoms with E-state index in [-0.39, 0.29) is 11.6 Å². The van der Waals surface area contributed by atoms with E-state index in [0.29, 0.717) is 17.7 Å². The van der Waals surface area contributed by atoms with Crippen LogP contribution in [0.15, 0.2) is 30.3 Å². The van der Waals surface area contributed by atoms with E-state index in [4.69, 9.17) is 21.4 Å². The lowest BCUT2D eigenvalue weighted by Gasteiger charge is -2.09. The monoisotopic (exact) mass is 316 g/mol. The Morgan fingerprint density at radius 3 is 2.24 bits per heavy atom. The number of carboxylic acids is 1. The molecule has 0 bridgehead atoms. The van der Waals surface area contributed by atoms with E-state index in [1.807, 2.05) is 0 Å². The van der Waals surface area contributed by atoms with Crippen LogP contribution < -0.4 is 4.74 Å². The molecule has 21 heavy (non-hydrogen) atoms. The van der Waals surface area contributed by atoms with Gasteiger partial charge in [0.05, 0.1) is 10.6 Å². The average Bonchev–Trinajstić information content (AvgIpc) is 2.41. The van der Waals surface area contributed by atoms with Crippen molar-refractivity contribution in [2.75, 3.05) is 0 Å². The molecule has 0 aromatic heterocycles. The third-order valence-corrected chi connectivity index (χ3v) is 2.92. The summed E-state index contributed by atoms with van der Waals surface area (Å²) in [5, 5.41) is 8.58. The summed E-state index contributed by atoms with van der Waals surface area (Å²) < 4.78 is 45.3. The molecule has 0 heterocycles. The van der Waals surface area contributed by atoms with Crippen LogP contribution in [0, 0.1) is 17.5 Å². The SMILES string of the molecule is O=C(O)c1cc(F)c(OCc2ccc(Cl)c(F)c2)c(F)c1. The highest BCUT2D eigenvalue weighted by Gasteiger charge is 2.16. The highest BCUT2D eigenvalue weighted by molar-refractivity contribution is 6.30. The van der Waals surface area contributed by atoms with Gasteiger partial charge in [0.1, 0.15) is 12.4 Å². The number of rotatable bonds is 4. The Morgan fingerprint density at radius 1 is 1.10 bits per heavy atom. The topological polar surface area (TPSA) is 46.5 Å². The van der Waals surface area contributed by atoms with Gasteiger partial charge in [0.15, 0.2) is 17.4 Å². The van der Waals surface area contributed by atoms with Gasteiger partial charge in [0, 0.05) is 0 Å². The maximum absolute atomic E-state index is 13.6. The van der Waals surface area contributed by atoms with E-state index in [0.717, 1.165) is 6.07 Å². The van der Waals surface area contributed by atoms with Crippen LogP contribution >= 0.6 is 11.6 Å². The summed E-state index contributed by atoms with van der Waals surface area (Å²) >= 11 is 5.50. The van der Waals surface area contributed by atoms with E-state index in [1.54, 1.807) is 0 Å². The molecule has 7 heteroatoms. The van der Waals surface area contributed by atoms with Crippen molar-refractivity contribution in [1.29, 1.82) is 0 Å². The molecule has 2 aromatic carbocycles. The molecule has 0 spiro atoms. The summed E-state index contributed by atoms with van der Waals surface area (Å²) in [6.45, 7) is -0.297. The van der Waals surface area contributed by atoms with Crippen LogP contribution in [0.5, 0.6) is 5.75 Å². The van der Waals surface area contributed by atoms with Gasteiger partial charge in [0.2, 0.25) is 0 Å². The number of carboxylic acid groups (broad SMARTS) is 1. The Morgan fingerprint density at radius 2 is 1.71 bits per heavy atom. The van der Waals surface area contributed by atoms with Gasteiger partial charge in [-0.1, -0.05) is 17.7 Å². The van der Waals surface area contributed by atoms with Crippen LogP contribution in [0.25, 0.3) is 0 Å². The molecule has 0 aliphatic heterocycles. The zero-order chi connectivity index (χ0) is 15.6. The number of hydrogen-bond donors (Lipinski definition) is 1. The van der Waals surface area contributed by atoms with Crippen LogP contribution in [0.4, 0.5) is 13.2 Å². The molecule has 0 aliphatic carbocycles. The third kappa shape index (κ3) is 3.46. The minimum absolute atomic E-state index is 0.0816. The van der Waals surface area contributed by atoms with Gasteiger partial charge in [0.25, 0.3) is 0 Å². The Labute approximate surface area is 122 Å². The first-order chi connectivity index (χ1) is 9.88. The minimum atomic E-state index is -1.46. The molecular formula is C14H8ClF3O3. The lowest BCUT2D eigenvalue weighted by atomic mass is 10.2. The van der Waals surface area contributed by atoms with Crippen molar-refractivity contribution in [2.24, 2.45) is 0 Å². The molecule has 0 fully saturated rings. The van der Waals surface area contributed by atoms with Crippen LogP contribution in [-0.2, 0) is 6.61 Å². The number of benzene rings is 2. The predicted octanol–water partition coefficient (Wildman–Crippen LogP) is 4.03. The van der Waals surface area contributed by atoms with Crippen molar-refractivity contribution in [3.63, 3.8) is 0 Å². The van der Waals surface area contributed by atoms with E-state index >= 15 is 0 Å². The van der Waals surface area contributed by atoms with E-state index in [1.165, 1.54) is 12.1 Å². The molecule has 3 nitrogen and oxygen atoms in total. The van der Waals surface area contributed by atoms with Gasteiger partial charge in [-0.05, 0) is 29.8 Å². The molecule has 0 saturated heterocycles. The normalized spacial score (nSPS) is 10.5. The van der Waals surface area contributed by atoms with Crippen LogP contribution in [0.2, 0.25) is 5.02 Å². The third-order valence-electron chi connectivity index (χ3n) is 2.61. The molecule has 0 aliphatic rings. The van der Waals surface area contributed by atoms with Gasteiger partial charge in [-0.2, -0.15) is 0 Å². The molecule has 0 atom stereocenters. The van der Waals surface area contributed by atoms with E-state index in [2.05, 4.69) is 0 Å². The Hall–Kier alpha value is -2.21. The number of carbonyl (C=O) groups is 1. The molecule has 0 amide bonds. The maximum Gasteiger partial charge on any atom is 0.335 e. The fourth-order valence-corrected chi connectivity index (χ4v) is 1.72. The maximum atomic E-state index is 13.6. The molecule has 110 valence electrons. The van der Waals surface area contributed by atoms with E-state index in [9.17, 15) is 18.0 Å². The van der Waals surface area contributed by atoms with E-state index < -0.39 is 34.7 Å². The number of halogens is 4. The smallest absolute Gasteiger partial charge is 0.335 e. The van der Waals surface area contributed by atoms with Crippen molar-refractivity contribution in [3.8, 4) is 5.75 Å². The van der Waals surface area contributed by atoms with Crippen molar-refractivity contribution in [2.45, 2.75) is 6.61 Å². The molecule has 0 saturated carbocycles. The molecule has 0 unspecified atom stereocenters. The first-order valence-electron chi connectivity index (χ1n) is 5.67. The van der Waals surface area contributed by atoms with Gasteiger partial charge >= 0.3 is 5.97 Å². The zero-order valence-electron chi connectivity index (χ0n) is 10.4. The van der Waals surface area contributed by atoms with Crippen LogP contribution in [-0.4, -0.2) is 11.1 Å². The lowest BCUT2D eigenvalue weighted by Crippen LogP contribution is -2.04. The fourth-order valence-electron chi connectivity index (χ4n) is 1.61. The largest absolute Gasteiger partial charge is 0.483 e. The fraction of sp³-hybridized carbons (Fsp3) is 0.0714. The number of ether oxygens (including phenoxy) is 1. The first kappa shape index (κ1) is 15.2. The highest BCUT2D eigenvalue weighted by Crippen LogP contribution is 2.25. The average molecular weight is 317 g/mol. The standard InChI is InChI=1S/C14H8ClF3O3/c15-9-2-1-7(3-10(9)16)6-21-13-11(17)4-8(14(19)20)5-12(13)18/h1-5H,6H2,(H,19,20). The molecule has 2 rings (SSSR count). The number of hydrogen-bond acceptors (Lipinski definition) is 2. The van der Waals surface area contributed by atoms with Gasteiger partial charge in [-0.3, -0.25) is 0 Å². The summed E-state index contributed by atoms with van der Waals surface area (Å²) in [6, 6.07) is 5.08. The second-order valence-corrected chi connectivity index (χ2v) is 4.52. The van der Waals surface area contributed by atoms with Crippen molar-refractivity contribution in [3.05, 3.63) is 63.9 Å². The summed E-state index contributed by atoms with van der Waals surface area (Å²) in [4.78, 5) is 10.6. The van der Waals surface area contributed by atoms with Gasteiger partial charge < -0.3 is 9.84 Å². The van der Waals surface area contributed by atoms with Gasteiger partial charge in [-0.25, -0.2) is 18.0 Å². The second kappa shape index (κ2) is 6.05.